The number of anilines is 1. The van der Waals surface area contributed by atoms with E-state index in [4.69, 9.17) is 16.6 Å². The summed E-state index contributed by atoms with van der Waals surface area (Å²) in [5.74, 6) is 0.305. The molecule has 8 heteroatoms. The number of halogens is 1. The van der Waals surface area contributed by atoms with Crippen LogP contribution < -0.4 is 10.6 Å². The fraction of sp³-hybridized carbons (Fsp3) is 0. The van der Waals surface area contributed by atoms with Crippen LogP contribution in [-0.2, 0) is 0 Å². The van der Waals surface area contributed by atoms with Crippen LogP contribution in [0.15, 0.2) is 68.9 Å². The molecule has 27 heavy (non-hydrogen) atoms. The summed E-state index contributed by atoms with van der Waals surface area (Å²) in [5.41, 5.74) is 2.97. The lowest BCUT2D eigenvalue weighted by molar-refractivity contribution is 0.0981. The van der Waals surface area contributed by atoms with Crippen molar-refractivity contribution in [2.24, 2.45) is 0 Å². The first-order chi connectivity index (χ1) is 13.1. The minimum Gasteiger partial charge on any atom is -0.436 e. The number of amides is 1. The summed E-state index contributed by atoms with van der Waals surface area (Å²) in [5, 5.41) is 7.72. The van der Waals surface area contributed by atoms with Crippen LogP contribution >= 0.6 is 39.5 Å². The molecular weight excluding hydrogens is 446 g/mol. The summed E-state index contributed by atoms with van der Waals surface area (Å²) in [6.07, 6.45) is 0. The number of carbonyl (C=O) groups is 1. The van der Waals surface area contributed by atoms with E-state index in [-0.39, 0.29) is 11.0 Å². The first-order valence-electron chi connectivity index (χ1n) is 7.91. The zero-order valence-electron chi connectivity index (χ0n) is 13.7. The van der Waals surface area contributed by atoms with Gasteiger partial charge in [-0.25, -0.2) is 4.98 Å². The number of hydrogen-bond acceptors (Lipinski definition) is 5. The Labute approximate surface area is 172 Å². The summed E-state index contributed by atoms with van der Waals surface area (Å²) < 4.78 is 6.78. The summed E-state index contributed by atoms with van der Waals surface area (Å²) in [6, 6.07) is 16.8. The molecule has 0 atom stereocenters. The van der Waals surface area contributed by atoms with Gasteiger partial charge in [0, 0.05) is 15.7 Å². The van der Waals surface area contributed by atoms with Gasteiger partial charge in [-0.3, -0.25) is 10.1 Å². The van der Waals surface area contributed by atoms with Crippen molar-refractivity contribution in [3.8, 4) is 11.5 Å². The first kappa shape index (κ1) is 17.8. The van der Waals surface area contributed by atoms with Gasteiger partial charge in [0.05, 0.1) is 4.88 Å². The van der Waals surface area contributed by atoms with E-state index in [0.717, 1.165) is 10.0 Å². The van der Waals surface area contributed by atoms with E-state index in [9.17, 15) is 4.79 Å². The number of thiophene rings is 1. The van der Waals surface area contributed by atoms with Crippen molar-refractivity contribution in [1.82, 2.24) is 10.3 Å². The van der Waals surface area contributed by atoms with Gasteiger partial charge in [-0.1, -0.05) is 28.1 Å². The molecule has 0 aliphatic rings. The Kier molecular flexibility index (Phi) is 5.02. The zero-order chi connectivity index (χ0) is 18.8. The van der Waals surface area contributed by atoms with Crippen LogP contribution in [0.25, 0.3) is 22.6 Å². The second-order valence-electron chi connectivity index (χ2n) is 5.60. The standard InChI is InChI=1S/C19H12BrN3O2S2/c20-12-4-1-3-11(9-12)18-22-14-10-13(6-7-15(14)25-18)21-19(26)23-17(24)16-5-2-8-27-16/h1-10H,(H2,21,23,24,26). The van der Waals surface area contributed by atoms with E-state index in [1.165, 1.54) is 11.3 Å². The molecule has 4 aromatic rings. The lowest BCUT2D eigenvalue weighted by Crippen LogP contribution is -2.33. The van der Waals surface area contributed by atoms with Crippen molar-refractivity contribution in [2.75, 3.05) is 5.32 Å². The Balaban J connectivity index is 1.51. The molecule has 1 amide bonds. The number of hydrogen-bond donors (Lipinski definition) is 2. The van der Waals surface area contributed by atoms with Crippen molar-refractivity contribution in [1.29, 1.82) is 0 Å². The Hall–Kier alpha value is -2.55. The molecule has 0 saturated heterocycles. The monoisotopic (exact) mass is 457 g/mol. The zero-order valence-corrected chi connectivity index (χ0v) is 17.0. The molecule has 4 rings (SSSR count). The van der Waals surface area contributed by atoms with Gasteiger partial charge in [0.1, 0.15) is 5.52 Å². The molecule has 0 fully saturated rings. The fourth-order valence-electron chi connectivity index (χ4n) is 2.48. The highest BCUT2D eigenvalue weighted by molar-refractivity contribution is 9.10. The summed E-state index contributed by atoms with van der Waals surface area (Å²) in [7, 11) is 0. The molecule has 0 aliphatic heterocycles. The van der Waals surface area contributed by atoms with Crippen LogP contribution in [0.4, 0.5) is 5.69 Å². The first-order valence-corrected chi connectivity index (χ1v) is 9.99. The van der Waals surface area contributed by atoms with E-state index < -0.39 is 0 Å². The van der Waals surface area contributed by atoms with Gasteiger partial charge in [-0.05, 0) is 60.1 Å². The molecule has 0 unspecified atom stereocenters. The number of fused-ring (bicyclic) bond motifs is 1. The minimum absolute atomic E-state index is 0.225. The second kappa shape index (κ2) is 7.59. The Morgan fingerprint density at radius 3 is 2.81 bits per heavy atom. The van der Waals surface area contributed by atoms with Gasteiger partial charge in [0.15, 0.2) is 10.7 Å². The largest absolute Gasteiger partial charge is 0.436 e. The number of thiocarbonyl (C=S) groups is 1. The highest BCUT2D eigenvalue weighted by Crippen LogP contribution is 2.27. The number of aromatic nitrogens is 1. The minimum atomic E-state index is -0.234. The van der Waals surface area contributed by atoms with Crippen molar-refractivity contribution in [2.45, 2.75) is 0 Å². The highest BCUT2D eigenvalue weighted by atomic mass is 79.9. The van der Waals surface area contributed by atoms with Crippen LogP contribution in [0, 0.1) is 0 Å². The van der Waals surface area contributed by atoms with Crippen molar-refractivity contribution >= 4 is 67.3 Å². The maximum absolute atomic E-state index is 12.0. The van der Waals surface area contributed by atoms with E-state index in [0.29, 0.717) is 27.6 Å². The molecule has 0 saturated carbocycles. The average Bonchev–Trinajstić information content (AvgIpc) is 3.31. The second-order valence-corrected chi connectivity index (χ2v) is 7.87. The number of nitrogens with zero attached hydrogens (tertiary/aromatic N) is 1. The number of nitrogens with one attached hydrogen (secondary N) is 2. The normalized spacial score (nSPS) is 10.7. The lowest BCUT2D eigenvalue weighted by Gasteiger charge is -2.08. The van der Waals surface area contributed by atoms with Crippen LogP contribution in [0.1, 0.15) is 9.67 Å². The molecule has 0 aliphatic carbocycles. The Morgan fingerprint density at radius 1 is 1.15 bits per heavy atom. The molecule has 2 aromatic heterocycles. The molecular formula is C19H12BrN3O2S2. The smallest absolute Gasteiger partial charge is 0.267 e. The van der Waals surface area contributed by atoms with E-state index >= 15 is 0 Å². The average molecular weight is 458 g/mol. The van der Waals surface area contributed by atoms with E-state index in [2.05, 4.69) is 31.5 Å². The van der Waals surface area contributed by atoms with E-state index in [1.54, 1.807) is 6.07 Å². The predicted octanol–water partition coefficient (Wildman–Crippen LogP) is 5.45. The van der Waals surface area contributed by atoms with Crippen LogP contribution in [0.3, 0.4) is 0 Å². The molecule has 0 spiro atoms. The maximum atomic E-state index is 12.0. The number of rotatable bonds is 3. The maximum Gasteiger partial charge on any atom is 0.267 e. The number of oxazole rings is 1. The third-order valence-electron chi connectivity index (χ3n) is 3.69. The van der Waals surface area contributed by atoms with Gasteiger partial charge in [-0.15, -0.1) is 11.3 Å². The van der Waals surface area contributed by atoms with Crippen molar-refractivity contribution < 1.29 is 9.21 Å². The molecule has 0 bridgehead atoms. The number of benzene rings is 2. The summed E-state index contributed by atoms with van der Waals surface area (Å²) >= 11 is 10.0. The van der Waals surface area contributed by atoms with Gasteiger partial charge >= 0.3 is 0 Å². The Morgan fingerprint density at radius 2 is 2.04 bits per heavy atom. The third kappa shape index (κ3) is 4.08. The van der Waals surface area contributed by atoms with Gasteiger partial charge in [0.2, 0.25) is 5.89 Å². The van der Waals surface area contributed by atoms with Gasteiger partial charge < -0.3 is 9.73 Å². The van der Waals surface area contributed by atoms with Gasteiger partial charge in [0.25, 0.3) is 5.91 Å². The van der Waals surface area contributed by atoms with Crippen LogP contribution in [-0.4, -0.2) is 16.0 Å². The molecule has 134 valence electrons. The lowest BCUT2D eigenvalue weighted by atomic mass is 10.2. The van der Waals surface area contributed by atoms with Crippen LogP contribution in [0.2, 0.25) is 0 Å². The topological polar surface area (TPSA) is 67.2 Å². The molecule has 2 N–H and O–H groups in total. The predicted molar refractivity (Wildman–Crippen MR) is 115 cm³/mol. The summed E-state index contributed by atoms with van der Waals surface area (Å²) in [6.45, 7) is 0. The van der Waals surface area contributed by atoms with Crippen LogP contribution in [0.5, 0.6) is 0 Å². The van der Waals surface area contributed by atoms with Gasteiger partial charge in [-0.2, -0.15) is 0 Å². The molecule has 0 radical (unpaired) electrons. The van der Waals surface area contributed by atoms with E-state index in [1.807, 2.05) is 53.9 Å². The number of carbonyl (C=O) groups excluding carboxylic acids is 1. The molecule has 5 nitrogen and oxygen atoms in total. The molecule has 2 heterocycles. The third-order valence-corrected chi connectivity index (χ3v) is 5.26. The molecule has 2 aromatic carbocycles. The Bertz CT molecular complexity index is 1140. The van der Waals surface area contributed by atoms with Crippen molar-refractivity contribution in [3.05, 3.63) is 69.3 Å². The fourth-order valence-corrected chi connectivity index (χ4v) is 3.71. The summed E-state index contributed by atoms with van der Waals surface area (Å²) in [4.78, 5) is 17.2. The van der Waals surface area contributed by atoms with Crippen molar-refractivity contribution in [3.63, 3.8) is 0 Å². The quantitative estimate of drug-likeness (QED) is 0.400. The SMILES string of the molecule is O=C(NC(=S)Nc1ccc2oc(-c3cccc(Br)c3)nc2c1)c1cccs1. The highest BCUT2D eigenvalue weighted by Gasteiger charge is 2.11.